The van der Waals surface area contributed by atoms with Gasteiger partial charge in [-0.2, -0.15) is 0 Å². The van der Waals surface area contributed by atoms with Crippen molar-refractivity contribution in [1.29, 1.82) is 0 Å². The summed E-state index contributed by atoms with van der Waals surface area (Å²) >= 11 is 0. The van der Waals surface area contributed by atoms with Gasteiger partial charge < -0.3 is 33.2 Å². The Labute approximate surface area is 222 Å². The lowest BCUT2D eigenvalue weighted by molar-refractivity contribution is 0.0719. The predicted octanol–water partition coefficient (Wildman–Crippen LogP) is 4.49. The fourth-order valence-corrected chi connectivity index (χ4v) is 5.10. The second-order valence-electron chi connectivity index (χ2n) is 9.01. The maximum atomic E-state index is 13.9. The van der Waals surface area contributed by atoms with E-state index in [-0.39, 0.29) is 17.1 Å². The molecule has 4 rings (SSSR count). The van der Waals surface area contributed by atoms with Crippen molar-refractivity contribution in [2.45, 2.75) is 33.2 Å². The molecular weight excluding hydrogens is 488 g/mol. The molecular formula is C29H36N2O7. The van der Waals surface area contributed by atoms with Crippen LogP contribution in [0.15, 0.2) is 39.5 Å². The molecule has 3 aromatic rings. The average molecular weight is 525 g/mol. The summed E-state index contributed by atoms with van der Waals surface area (Å²) in [6.07, 6.45) is 0.741. The van der Waals surface area contributed by atoms with Gasteiger partial charge in [-0.25, -0.2) is 0 Å². The van der Waals surface area contributed by atoms with E-state index in [1.165, 1.54) is 21.3 Å². The van der Waals surface area contributed by atoms with E-state index in [1.807, 2.05) is 6.92 Å². The third-order valence-electron chi connectivity index (χ3n) is 7.02. The molecule has 9 heteroatoms. The zero-order valence-corrected chi connectivity index (χ0v) is 23.0. The number of hydrogen-bond acceptors (Lipinski definition) is 8. The molecule has 0 fully saturated rings. The minimum Gasteiger partial charge on any atom is -0.494 e. The molecule has 0 spiro atoms. The zero-order valence-electron chi connectivity index (χ0n) is 23.0. The van der Waals surface area contributed by atoms with Crippen LogP contribution in [0, 0.1) is 0 Å². The van der Waals surface area contributed by atoms with Crippen LogP contribution in [0.5, 0.6) is 23.0 Å². The third kappa shape index (κ3) is 4.90. The van der Waals surface area contributed by atoms with Crippen LogP contribution in [0.1, 0.15) is 54.9 Å². The van der Waals surface area contributed by atoms with Crippen LogP contribution in [0.3, 0.4) is 0 Å². The van der Waals surface area contributed by atoms with Crippen molar-refractivity contribution in [3.8, 4) is 23.0 Å². The molecule has 0 saturated carbocycles. The Morgan fingerprint density at radius 2 is 1.63 bits per heavy atom. The highest BCUT2D eigenvalue weighted by molar-refractivity contribution is 5.99. The van der Waals surface area contributed by atoms with Crippen molar-refractivity contribution in [1.82, 2.24) is 9.80 Å². The highest BCUT2D eigenvalue weighted by Gasteiger charge is 2.43. The van der Waals surface area contributed by atoms with E-state index >= 15 is 0 Å². The number of nitrogens with zero attached hydrogens (tertiary/aromatic N) is 2. The Bertz CT molecular complexity index is 1340. The number of carbonyl (C=O) groups is 1. The van der Waals surface area contributed by atoms with Crippen LogP contribution in [0.2, 0.25) is 0 Å². The first kappa shape index (κ1) is 27.3. The Morgan fingerprint density at radius 3 is 2.21 bits per heavy atom. The van der Waals surface area contributed by atoms with E-state index in [4.69, 9.17) is 23.4 Å². The van der Waals surface area contributed by atoms with Gasteiger partial charge in [0.1, 0.15) is 11.3 Å². The number of rotatable bonds is 12. The van der Waals surface area contributed by atoms with E-state index in [0.29, 0.717) is 58.2 Å². The molecule has 0 N–H and O–H groups in total. The molecule has 1 unspecified atom stereocenters. The van der Waals surface area contributed by atoms with Crippen LogP contribution in [0.4, 0.5) is 0 Å². The van der Waals surface area contributed by atoms with Gasteiger partial charge in [0.25, 0.3) is 5.91 Å². The summed E-state index contributed by atoms with van der Waals surface area (Å²) in [5.41, 5.74) is 1.06. The lowest BCUT2D eigenvalue weighted by atomic mass is 9.97. The van der Waals surface area contributed by atoms with Gasteiger partial charge in [-0.1, -0.05) is 13.8 Å². The summed E-state index contributed by atoms with van der Waals surface area (Å²) in [6.45, 7) is 9.71. The molecule has 1 atom stereocenters. The second kappa shape index (κ2) is 11.8. The summed E-state index contributed by atoms with van der Waals surface area (Å²) in [4.78, 5) is 31.7. The van der Waals surface area contributed by atoms with Crippen molar-refractivity contribution < 1.29 is 28.2 Å². The van der Waals surface area contributed by atoms with Gasteiger partial charge >= 0.3 is 0 Å². The topological polar surface area (TPSA) is 90.7 Å². The number of carbonyl (C=O) groups excluding carboxylic acids is 1. The minimum atomic E-state index is -0.671. The third-order valence-corrected chi connectivity index (χ3v) is 7.02. The largest absolute Gasteiger partial charge is 0.494 e. The van der Waals surface area contributed by atoms with Crippen molar-refractivity contribution in [2.75, 3.05) is 54.1 Å². The fraction of sp³-hybridized carbons (Fsp3) is 0.448. The molecule has 1 aromatic heterocycles. The first-order chi connectivity index (χ1) is 18.4. The molecule has 2 aromatic carbocycles. The molecule has 2 heterocycles. The van der Waals surface area contributed by atoms with E-state index in [2.05, 4.69) is 18.7 Å². The monoisotopic (exact) mass is 524 g/mol. The van der Waals surface area contributed by atoms with Gasteiger partial charge in [0, 0.05) is 12.6 Å². The van der Waals surface area contributed by atoms with Crippen molar-refractivity contribution in [2.24, 2.45) is 0 Å². The Kier molecular flexibility index (Phi) is 8.46. The van der Waals surface area contributed by atoms with Crippen molar-refractivity contribution in [3.63, 3.8) is 0 Å². The number of fused-ring (bicyclic) bond motifs is 2. The van der Waals surface area contributed by atoms with Gasteiger partial charge in [-0.15, -0.1) is 0 Å². The summed E-state index contributed by atoms with van der Waals surface area (Å²) in [7, 11) is 4.61. The van der Waals surface area contributed by atoms with E-state index in [1.54, 1.807) is 35.2 Å². The maximum Gasteiger partial charge on any atom is 0.290 e. The predicted molar refractivity (Wildman–Crippen MR) is 145 cm³/mol. The lowest BCUT2D eigenvalue weighted by Gasteiger charge is -2.27. The van der Waals surface area contributed by atoms with Crippen molar-refractivity contribution in [3.05, 3.63) is 57.4 Å². The van der Waals surface area contributed by atoms with Crippen molar-refractivity contribution >= 4 is 16.9 Å². The molecule has 38 heavy (non-hydrogen) atoms. The van der Waals surface area contributed by atoms with Gasteiger partial charge in [-0.3, -0.25) is 9.59 Å². The average Bonchev–Trinajstić information content (AvgIpc) is 3.21. The fourth-order valence-electron chi connectivity index (χ4n) is 5.10. The number of hydrogen-bond donors (Lipinski definition) is 0. The van der Waals surface area contributed by atoms with Crippen LogP contribution in [0.25, 0.3) is 11.0 Å². The SMILES string of the molecule is CCOc1ccc2c(=O)c3c(oc2c1)C(=O)N(CCCN(CC)CC)C3c1cc(OC)c(OC)c(OC)c1. The van der Waals surface area contributed by atoms with Gasteiger partial charge in [0.2, 0.25) is 11.5 Å². The number of ether oxygens (including phenoxy) is 4. The standard InChI is InChI=1S/C29H36N2O7/c1-7-30(8-2)13-10-14-31-25(18-15-22(34-4)27(36-6)23(16-18)35-5)24-26(32)20-12-11-19(37-9-3)17-21(20)38-28(24)29(31)33/h11-12,15-17,25H,7-10,13-14H2,1-6H3. The van der Waals surface area contributed by atoms with Crippen LogP contribution >= 0.6 is 0 Å². The summed E-state index contributed by atoms with van der Waals surface area (Å²) in [5.74, 6) is 1.63. The Morgan fingerprint density at radius 1 is 0.947 bits per heavy atom. The van der Waals surface area contributed by atoms with Crippen LogP contribution < -0.4 is 24.4 Å². The molecule has 1 aliphatic heterocycles. The van der Waals surface area contributed by atoms with E-state index in [0.717, 1.165) is 26.1 Å². The van der Waals surface area contributed by atoms with E-state index in [9.17, 15) is 9.59 Å². The molecule has 1 aliphatic rings. The quantitative estimate of drug-likeness (QED) is 0.342. The molecule has 0 radical (unpaired) electrons. The highest BCUT2D eigenvalue weighted by Crippen LogP contribution is 2.45. The molecule has 0 bridgehead atoms. The first-order valence-corrected chi connectivity index (χ1v) is 13.0. The van der Waals surface area contributed by atoms with E-state index < -0.39 is 6.04 Å². The molecule has 204 valence electrons. The van der Waals surface area contributed by atoms with Gasteiger partial charge in [-0.05, 0) is 62.8 Å². The second-order valence-corrected chi connectivity index (χ2v) is 9.01. The normalized spacial score (nSPS) is 14.8. The Hall–Kier alpha value is -3.72. The summed E-state index contributed by atoms with van der Waals surface area (Å²) in [6, 6.07) is 7.98. The molecule has 0 aliphatic carbocycles. The molecule has 1 amide bonds. The lowest BCUT2D eigenvalue weighted by Crippen LogP contribution is -2.33. The zero-order chi connectivity index (χ0) is 27.4. The van der Waals surface area contributed by atoms with Crippen LogP contribution in [-0.2, 0) is 0 Å². The smallest absolute Gasteiger partial charge is 0.290 e. The highest BCUT2D eigenvalue weighted by atomic mass is 16.5. The molecule has 9 nitrogen and oxygen atoms in total. The number of amides is 1. The van der Waals surface area contributed by atoms with Gasteiger partial charge in [0.15, 0.2) is 16.9 Å². The maximum absolute atomic E-state index is 13.9. The number of methoxy groups -OCH3 is 3. The van der Waals surface area contributed by atoms with Crippen LogP contribution in [-0.4, -0.2) is 69.8 Å². The minimum absolute atomic E-state index is 0.0535. The Balaban J connectivity index is 1.88. The summed E-state index contributed by atoms with van der Waals surface area (Å²) < 4.78 is 28.4. The van der Waals surface area contributed by atoms with Gasteiger partial charge in [0.05, 0.1) is 44.9 Å². The number of benzene rings is 2. The summed E-state index contributed by atoms with van der Waals surface area (Å²) in [5, 5.41) is 0.391. The first-order valence-electron chi connectivity index (χ1n) is 13.0. The molecule has 0 saturated heterocycles.